The summed E-state index contributed by atoms with van der Waals surface area (Å²) in [4.78, 5) is 4.92. The molecule has 3 N–H and O–H groups in total. The number of nitrogens with one attached hydrogen (secondary N) is 2. The smallest absolute Gasteiger partial charge is 0.191 e. The zero-order valence-electron chi connectivity index (χ0n) is 16.4. The highest BCUT2D eigenvalue weighted by Gasteiger charge is 2.10. The molecule has 0 aromatic heterocycles. The van der Waals surface area contributed by atoms with Crippen LogP contribution in [0.1, 0.15) is 24.0 Å². The summed E-state index contributed by atoms with van der Waals surface area (Å²) in [7, 11) is -3.17. The van der Waals surface area contributed by atoms with E-state index in [1.807, 2.05) is 49.4 Å². The van der Waals surface area contributed by atoms with E-state index in [4.69, 9.17) is 0 Å². The van der Waals surface area contributed by atoms with Gasteiger partial charge < -0.3 is 15.7 Å². The number of aliphatic imine (C=N–C) groups is 1. The third-order valence-corrected chi connectivity index (χ3v) is 5.49. The molecule has 6 nitrogen and oxygen atoms in total. The maximum absolute atomic E-state index is 11.5. The Morgan fingerprint density at radius 1 is 1.07 bits per heavy atom. The molecule has 2 rings (SSSR count). The van der Waals surface area contributed by atoms with E-state index in [1.165, 1.54) is 6.26 Å². The van der Waals surface area contributed by atoms with Gasteiger partial charge in [-0.15, -0.1) is 0 Å². The largest absolute Gasteiger partial charge is 0.396 e. The molecule has 0 fully saturated rings. The van der Waals surface area contributed by atoms with Crippen LogP contribution in [0.5, 0.6) is 0 Å². The molecular formula is C21H29N3O3S. The van der Waals surface area contributed by atoms with Gasteiger partial charge in [-0.25, -0.2) is 8.42 Å². The molecule has 0 saturated heterocycles. The molecule has 2 aromatic carbocycles. The summed E-state index contributed by atoms with van der Waals surface area (Å²) in [6.07, 6.45) is 1.95. The monoisotopic (exact) mass is 403 g/mol. The summed E-state index contributed by atoms with van der Waals surface area (Å²) in [5, 5.41) is 16.2. The molecule has 0 bridgehead atoms. The quantitative estimate of drug-likeness (QED) is 0.440. The number of nitrogens with zero attached hydrogens (tertiary/aromatic N) is 1. The van der Waals surface area contributed by atoms with Crippen molar-refractivity contribution in [2.24, 2.45) is 4.99 Å². The van der Waals surface area contributed by atoms with E-state index in [0.717, 1.165) is 24.1 Å². The molecular weight excluding hydrogens is 374 g/mol. The average molecular weight is 404 g/mol. The van der Waals surface area contributed by atoms with Gasteiger partial charge in [-0.05, 0) is 36.6 Å². The van der Waals surface area contributed by atoms with E-state index in [1.54, 1.807) is 12.1 Å². The van der Waals surface area contributed by atoms with Crippen LogP contribution in [0.15, 0.2) is 64.5 Å². The first kappa shape index (κ1) is 21.9. The van der Waals surface area contributed by atoms with Crippen molar-refractivity contribution in [3.63, 3.8) is 0 Å². The number of sulfone groups is 1. The van der Waals surface area contributed by atoms with Crippen LogP contribution in [0.2, 0.25) is 0 Å². The standard InChI is InChI=1S/C21H29N3O3S/c1-3-22-21(24-15-19(16-25)18-7-5-4-6-8-18)23-14-13-17-9-11-20(12-10-17)28(2,26)27/h4-12,19,25H,3,13-16H2,1-2H3,(H2,22,23,24). The van der Waals surface area contributed by atoms with E-state index in [-0.39, 0.29) is 12.5 Å². The van der Waals surface area contributed by atoms with E-state index < -0.39 is 9.84 Å². The number of hydrogen-bond donors (Lipinski definition) is 3. The Hall–Kier alpha value is -2.38. The number of benzene rings is 2. The summed E-state index contributed by atoms with van der Waals surface area (Å²) in [5.41, 5.74) is 2.11. The van der Waals surface area contributed by atoms with Crippen LogP contribution in [0.4, 0.5) is 0 Å². The van der Waals surface area contributed by atoms with Crippen LogP contribution in [0.3, 0.4) is 0 Å². The van der Waals surface area contributed by atoms with Crippen LogP contribution in [-0.2, 0) is 16.3 Å². The van der Waals surface area contributed by atoms with Crippen molar-refractivity contribution in [2.75, 3.05) is 32.5 Å². The van der Waals surface area contributed by atoms with Gasteiger partial charge in [0.15, 0.2) is 15.8 Å². The first-order chi connectivity index (χ1) is 13.4. The summed E-state index contributed by atoms with van der Waals surface area (Å²) in [6.45, 7) is 3.93. The van der Waals surface area contributed by atoms with Gasteiger partial charge in [-0.2, -0.15) is 0 Å². The molecule has 1 atom stereocenters. The van der Waals surface area contributed by atoms with Crippen molar-refractivity contribution in [1.82, 2.24) is 10.6 Å². The molecule has 0 aliphatic heterocycles. The predicted octanol–water partition coefficient (Wildman–Crippen LogP) is 1.96. The van der Waals surface area contributed by atoms with E-state index in [0.29, 0.717) is 23.9 Å². The number of aliphatic hydroxyl groups is 1. The van der Waals surface area contributed by atoms with Gasteiger partial charge in [0.1, 0.15) is 0 Å². The first-order valence-corrected chi connectivity index (χ1v) is 11.3. The number of guanidine groups is 1. The van der Waals surface area contributed by atoms with Crippen LogP contribution < -0.4 is 10.6 Å². The maximum atomic E-state index is 11.5. The van der Waals surface area contributed by atoms with Gasteiger partial charge in [-0.3, -0.25) is 4.99 Å². The summed E-state index contributed by atoms with van der Waals surface area (Å²) in [5.74, 6) is 0.657. The Labute approximate surface area is 167 Å². The number of hydrogen-bond acceptors (Lipinski definition) is 4. The Kier molecular flexibility index (Phi) is 8.47. The van der Waals surface area contributed by atoms with Crippen LogP contribution >= 0.6 is 0 Å². The Morgan fingerprint density at radius 2 is 1.75 bits per heavy atom. The second-order valence-corrected chi connectivity index (χ2v) is 8.62. The SMILES string of the molecule is CCNC(=NCC(CO)c1ccccc1)NCCc1ccc(S(C)(=O)=O)cc1. The fourth-order valence-corrected chi connectivity index (χ4v) is 3.40. The van der Waals surface area contributed by atoms with Gasteiger partial charge in [0.2, 0.25) is 0 Å². The highest BCUT2D eigenvalue weighted by atomic mass is 32.2. The molecule has 0 aliphatic rings. The summed E-state index contributed by atoms with van der Waals surface area (Å²) < 4.78 is 23.0. The fraction of sp³-hybridized carbons (Fsp3) is 0.381. The normalized spacial score (nSPS) is 13.2. The molecule has 0 radical (unpaired) electrons. The topological polar surface area (TPSA) is 90.8 Å². The second kappa shape index (κ2) is 10.8. The van der Waals surface area contributed by atoms with Gasteiger partial charge in [0.05, 0.1) is 18.0 Å². The van der Waals surface area contributed by atoms with Crippen molar-refractivity contribution < 1.29 is 13.5 Å². The molecule has 28 heavy (non-hydrogen) atoms. The fourth-order valence-electron chi connectivity index (χ4n) is 2.77. The first-order valence-electron chi connectivity index (χ1n) is 9.41. The molecule has 152 valence electrons. The Morgan fingerprint density at radius 3 is 2.32 bits per heavy atom. The molecule has 0 spiro atoms. The van der Waals surface area contributed by atoms with Gasteiger partial charge in [0, 0.05) is 25.3 Å². The average Bonchev–Trinajstić information content (AvgIpc) is 2.69. The lowest BCUT2D eigenvalue weighted by Crippen LogP contribution is -2.38. The lowest BCUT2D eigenvalue weighted by atomic mass is 10.0. The van der Waals surface area contributed by atoms with E-state index in [9.17, 15) is 13.5 Å². The minimum Gasteiger partial charge on any atom is -0.396 e. The third-order valence-electron chi connectivity index (χ3n) is 4.36. The molecule has 1 unspecified atom stereocenters. The van der Waals surface area contributed by atoms with E-state index >= 15 is 0 Å². The number of aliphatic hydroxyl groups excluding tert-OH is 1. The lowest BCUT2D eigenvalue weighted by Gasteiger charge is -2.15. The highest BCUT2D eigenvalue weighted by Crippen LogP contribution is 2.15. The second-order valence-electron chi connectivity index (χ2n) is 6.60. The van der Waals surface area contributed by atoms with Crippen molar-refractivity contribution in [3.05, 3.63) is 65.7 Å². The summed E-state index contributed by atoms with van der Waals surface area (Å²) >= 11 is 0. The van der Waals surface area contributed by atoms with Gasteiger partial charge in [0.25, 0.3) is 0 Å². The van der Waals surface area contributed by atoms with E-state index in [2.05, 4.69) is 15.6 Å². The van der Waals surface area contributed by atoms with Crippen LogP contribution in [0, 0.1) is 0 Å². The number of rotatable bonds is 9. The zero-order chi connectivity index (χ0) is 20.4. The molecule has 7 heteroatoms. The minimum absolute atomic E-state index is 0.0413. The van der Waals surface area contributed by atoms with Crippen molar-refractivity contribution in [1.29, 1.82) is 0 Å². The molecule has 2 aromatic rings. The molecule has 0 aliphatic carbocycles. The van der Waals surface area contributed by atoms with Crippen molar-refractivity contribution >= 4 is 15.8 Å². The minimum atomic E-state index is -3.17. The van der Waals surface area contributed by atoms with Gasteiger partial charge >= 0.3 is 0 Å². The molecule has 0 heterocycles. The molecule has 0 saturated carbocycles. The maximum Gasteiger partial charge on any atom is 0.191 e. The van der Waals surface area contributed by atoms with Gasteiger partial charge in [-0.1, -0.05) is 42.5 Å². The third kappa shape index (κ3) is 6.98. The van der Waals surface area contributed by atoms with Crippen LogP contribution in [-0.4, -0.2) is 52.0 Å². The van der Waals surface area contributed by atoms with Crippen molar-refractivity contribution in [3.8, 4) is 0 Å². The lowest BCUT2D eigenvalue weighted by molar-refractivity contribution is 0.268. The zero-order valence-corrected chi connectivity index (χ0v) is 17.2. The highest BCUT2D eigenvalue weighted by molar-refractivity contribution is 7.90. The predicted molar refractivity (Wildman–Crippen MR) is 114 cm³/mol. The Balaban J connectivity index is 1.92. The van der Waals surface area contributed by atoms with Crippen molar-refractivity contribution in [2.45, 2.75) is 24.2 Å². The van der Waals surface area contributed by atoms with Crippen LogP contribution in [0.25, 0.3) is 0 Å². The Bertz CT molecular complexity index is 850. The summed E-state index contributed by atoms with van der Waals surface area (Å²) in [6, 6.07) is 16.8. The molecule has 0 amide bonds.